The molecule has 2 N–H and O–H groups in total. The Morgan fingerprint density at radius 1 is 1.00 bits per heavy atom. The first-order chi connectivity index (χ1) is 14.4. The Labute approximate surface area is 173 Å². The van der Waals surface area contributed by atoms with Gasteiger partial charge in [-0.3, -0.25) is 9.59 Å². The predicted octanol–water partition coefficient (Wildman–Crippen LogP) is 3.30. The number of alkyl halides is 2. The monoisotopic (exact) mass is 422 g/mol. The molecule has 0 radical (unpaired) electrons. The van der Waals surface area contributed by atoms with Gasteiger partial charge >= 0.3 is 6.61 Å². The Hall–Kier alpha value is -3.36. The Morgan fingerprint density at radius 2 is 1.70 bits per heavy atom. The van der Waals surface area contributed by atoms with Gasteiger partial charge in [0.1, 0.15) is 5.75 Å². The number of benzene rings is 2. The van der Waals surface area contributed by atoms with Gasteiger partial charge in [0.2, 0.25) is 5.91 Å². The van der Waals surface area contributed by atoms with Crippen molar-refractivity contribution in [1.82, 2.24) is 10.6 Å². The minimum absolute atomic E-state index is 0.00554. The third-order valence-corrected chi connectivity index (χ3v) is 4.31. The SMILES string of the molecule is CCC(NC(=O)CNC(=O)c1ccc(OC)c(OC)c1)c1ccccc1OC(F)F. The van der Waals surface area contributed by atoms with Gasteiger partial charge in [-0.25, -0.2) is 0 Å². The fourth-order valence-corrected chi connectivity index (χ4v) is 2.86. The molecule has 2 aromatic rings. The summed E-state index contributed by atoms with van der Waals surface area (Å²) in [6, 6.07) is 10.3. The maximum atomic E-state index is 12.6. The molecule has 0 saturated heterocycles. The third-order valence-electron chi connectivity index (χ3n) is 4.31. The molecule has 0 aliphatic carbocycles. The van der Waals surface area contributed by atoms with Crippen LogP contribution in [-0.4, -0.2) is 39.2 Å². The minimum atomic E-state index is -2.97. The normalized spacial score (nSPS) is 11.5. The summed E-state index contributed by atoms with van der Waals surface area (Å²) in [6.45, 7) is -1.46. The van der Waals surface area contributed by atoms with E-state index in [0.717, 1.165) is 0 Å². The number of para-hydroxylation sites is 1. The van der Waals surface area contributed by atoms with Gasteiger partial charge in [0, 0.05) is 11.1 Å². The van der Waals surface area contributed by atoms with Crippen molar-refractivity contribution < 1.29 is 32.6 Å². The number of hydrogen-bond acceptors (Lipinski definition) is 5. The van der Waals surface area contributed by atoms with E-state index in [1.807, 2.05) is 0 Å². The van der Waals surface area contributed by atoms with Crippen LogP contribution >= 0.6 is 0 Å². The molecule has 0 aliphatic heterocycles. The van der Waals surface area contributed by atoms with E-state index < -0.39 is 24.5 Å². The maximum absolute atomic E-state index is 12.6. The Morgan fingerprint density at radius 3 is 2.33 bits per heavy atom. The first-order valence-electron chi connectivity index (χ1n) is 9.22. The number of rotatable bonds is 10. The summed E-state index contributed by atoms with van der Waals surface area (Å²) >= 11 is 0. The summed E-state index contributed by atoms with van der Waals surface area (Å²) in [5.74, 6) is -0.0873. The van der Waals surface area contributed by atoms with Crippen LogP contribution in [0.15, 0.2) is 42.5 Å². The molecule has 30 heavy (non-hydrogen) atoms. The molecule has 2 aromatic carbocycles. The number of nitrogens with one attached hydrogen (secondary N) is 2. The highest BCUT2D eigenvalue weighted by Crippen LogP contribution is 2.29. The zero-order valence-corrected chi connectivity index (χ0v) is 16.9. The molecule has 1 unspecified atom stereocenters. The fourth-order valence-electron chi connectivity index (χ4n) is 2.86. The van der Waals surface area contributed by atoms with E-state index in [1.165, 1.54) is 26.4 Å². The lowest BCUT2D eigenvalue weighted by Crippen LogP contribution is -2.38. The van der Waals surface area contributed by atoms with Crippen LogP contribution in [0.1, 0.15) is 35.3 Å². The molecule has 2 amide bonds. The average molecular weight is 422 g/mol. The smallest absolute Gasteiger partial charge is 0.387 e. The van der Waals surface area contributed by atoms with Gasteiger partial charge in [-0.1, -0.05) is 25.1 Å². The van der Waals surface area contributed by atoms with Gasteiger partial charge in [-0.05, 0) is 30.7 Å². The van der Waals surface area contributed by atoms with Gasteiger partial charge in [-0.15, -0.1) is 0 Å². The summed E-state index contributed by atoms with van der Waals surface area (Å²) < 4.78 is 40.1. The molecular formula is C21H24F2N2O5. The Kier molecular flexibility index (Phi) is 8.40. The molecular weight excluding hydrogens is 398 g/mol. The molecule has 0 aromatic heterocycles. The van der Waals surface area contributed by atoms with Crippen LogP contribution in [0, 0.1) is 0 Å². The second-order valence-electron chi connectivity index (χ2n) is 6.20. The second kappa shape index (κ2) is 11.0. The summed E-state index contributed by atoms with van der Waals surface area (Å²) in [6.07, 6.45) is 0.443. The third kappa shape index (κ3) is 6.07. The lowest BCUT2D eigenvalue weighted by Gasteiger charge is -2.20. The maximum Gasteiger partial charge on any atom is 0.387 e. The number of carbonyl (C=O) groups is 2. The quantitative estimate of drug-likeness (QED) is 0.614. The van der Waals surface area contributed by atoms with Crippen LogP contribution in [0.5, 0.6) is 17.2 Å². The molecule has 0 spiro atoms. The minimum Gasteiger partial charge on any atom is -0.493 e. The second-order valence-corrected chi connectivity index (χ2v) is 6.20. The molecule has 1 atom stereocenters. The number of methoxy groups -OCH3 is 2. The summed E-state index contributed by atoms with van der Waals surface area (Å²) in [7, 11) is 2.93. The summed E-state index contributed by atoms with van der Waals surface area (Å²) in [5, 5.41) is 5.24. The fraction of sp³-hybridized carbons (Fsp3) is 0.333. The van der Waals surface area contributed by atoms with Gasteiger partial charge < -0.3 is 24.8 Å². The van der Waals surface area contributed by atoms with Crippen LogP contribution < -0.4 is 24.8 Å². The van der Waals surface area contributed by atoms with Crippen molar-refractivity contribution in [3.05, 3.63) is 53.6 Å². The molecule has 9 heteroatoms. The van der Waals surface area contributed by atoms with Crippen molar-refractivity contribution in [2.24, 2.45) is 0 Å². The molecule has 0 heterocycles. The zero-order valence-electron chi connectivity index (χ0n) is 16.9. The van der Waals surface area contributed by atoms with Crippen LogP contribution in [0.4, 0.5) is 8.78 Å². The van der Waals surface area contributed by atoms with Crippen LogP contribution in [0.25, 0.3) is 0 Å². The van der Waals surface area contributed by atoms with Gasteiger partial charge in [-0.2, -0.15) is 8.78 Å². The van der Waals surface area contributed by atoms with E-state index >= 15 is 0 Å². The number of amides is 2. The molecule has 162 valence electrons. The molecule has 0 aliphatic rings. The van der Waals surface area contributed by atoms with Gasteiger partial charge in [0.25, 0.3) is 5.91 Å². The number of carbonyl (C=O) groups excluding carboxylic acids is 2. The summed E-state index contributed by atoms with van der Waals surface area (Å²) in [4.78, 5) is 24.6. The molecule has 2 rings (SSSR count). The van der Waals surface area contributed by atoms with Crippen LogP contribution in [0.3, 0.4) is 0 Å². The number of ether oxygens (including phenoxy) is 3. The Bertz CT molecular complexity index is 876. The van der Waals surface area contributed by atoms with E-state index in [-0.39, 0.29) is 12.3 Å². The zero-order chi connectivity index (χ0) is 22.1. The molecule has 0 bridgehead atoms. The average Bonchev–Trinajstić information content (AvgIpc) is 2.75. The van der Waals surface area contributed by atoms with Crippen LogP contribution in [0.2, 0.25) is 0 Å². The van der Waals surface area contributed by atoms with Crippen molar-refractivity contribution in [3.63, 3.8) is 0 Å². The molecule has 0 fully saturated rings. The first kappa shape index (κ1) is 22.9. The van der Waals surface area contributed by atoms with Crippen LogP contribution in [-0.2, 0) is 4.79 Å². The summed E-state index contributed by atoms with van der Waals surface area (Å²) in [5.41, 5.74) is 0.725. The number of halogens is 2. The topological polar surface area (TPSA) is 85.9 Å². The van der Waals surface area contributed by atoms with Crippen molar-refractivity contribution >= 4 is 11.8 Å². The highest BCUT2D eigenvalue weighted by atomic mass is 19.3. The number of hydrogen-bond donors (Lipinski definition) is 2. The van der Waals surface area contributed by atoms with E-state index in [4.69, 9.17) is 9.47 Å². The first-order valence-corrected chi connectivity index (χ1v) is 9.22. The molecule has 7 nitrogen and oxygen atoms in total. The molecule has 0 saturated carbocycles. The predicted molar refractivity (Wildman–Crippen MR) is 106 cm³/mol. The van der Waals surface area contributed by atoms with Gasteiger partial charge in [0.05, 0.1) is 26.8 Å². The van der Waals surface area contributed by atoms with Gasteiger partial charge in [0.15, 0.2) is 11.5 Å². The highest BCUT2D eigenvalue weighted by Gasteiger charge is 2.19. The van der Waals surface area contributed by atoms with Crippen molar-refractivity contribution in [1.29, 1.82) is 0 Å². The largest absolute Gasteiger partial charge is 0.493 e. The Balaban J connectivity index is 2.00. The van der Waals surface area contributed by atoms with Crippen molar-refractivity contribution in [2.45, 2.75) is 26.0 Å². The highest BCUT2D eigenvalue weighted by molar-refractivity contribution is 5.97. The lowest BCUT2D eigenvalue weighted by atomic mass is 10.0. The van der Waals surface area contributed by atoms with E-state index in [2.05, 4.69) is 15.4 Å². The van der Waals surface area contributed by atoms with Crippen molar-refractivity contribution in [3.8, 4) is 17.2 Å². The van der Waals surface area contributed by atoms with E-state index in [9.17, 15) is 18.4 Å². The standard InChI is InChI=1S/C21H24F2N2O5/c1-4-15(14-7-5-6-8-16(14)30-21(22)23)25-19(26)12-24-20(27)13-9-10-17(28-2)18(11-13)29-3/h5-11,15,21H,4,12H2,1-3H3,(H,24,27)(H,25,26). The van der Waals surface area contributed by atoms with Crippen molar-refractivity contribution in [2.75, 3.05) is 20.8 Å². The lowest BCUT2D eigenvalue weighted by molar-refractivity contribution is -0.120. The van der Waals surface area contributed by atoms with E-state index in [0.29, 0.717) is 29.0 Å². The van der Waals surface area contributed by atoms with E-state index in [1.54, 1.807) is 37.3 Å².